The van der Waals surface area contributed by atoms with Gasteiger partial charge in [0.05, 0.1) is 31.9 Å². The Morgan fingerprint density at radius 3 is 2.03 bits per heavy atom. The molecule has 1 N–H and O–H groups in total. The van der Waals surface area contributed by atoms with Gasteiger partial charge in [-0.1, -0.05) is 26.0 Å². The molecule has 7 heteroatoms. The second-order valence-electron chi connectivity index (χ2n) is 10.2. The predicted octanol–water partition coefficient (Wildman–Crippen LogP) is 6.55. The van der Waals surface area contributed by atoms with Gasteiger partial charge in [-0.2, -0.15) is 0 Å². The summed E-state index contributed by atoms with van der Waals surface area (Å²) in [6.45, 7) is 9.78. The molecule has 1 atom stereocenters. The molecule has 7 nitrogen and oxygen atoms in total. The van der Waals surface area contributed by atoms with Crippen LogP contribution in [0.3, 0.4) is 0 Å². The molecule has 0 radical (unpaired) electrons. The minimum absolute atomic E-state index is 0.00557. The Kier molecular flexibility index (Phi) is 8.00. The number of Topliss-reactive ketones (excluding diaryl/α,β-unsaturated/α-hetero) is 1. The number of aliphatic hydroxyl groups excluding tert-OH is 1. The van der Waals surface area contributed by atoms with Crippen LogP contribution in [0.1, 0.15) is 61.9 Å². The van der Waals surface area contributed by atoms with Gasteiger partial charge in [-0.15, -0.1) is 0 Å². The Hall–Kier alpha value is -4.26. The normalized spacial score (nSPS) is 16.7. The molecule has 1 unspecified atom stereocenters. The molecule has 3 aromatic carbocycles. The second kappa shape index (κ2) is 11.2. The molecule has 1 aliphatic heterocycles. The van der Waals surface area contributed by atoms with Crippen LogP contribution in [0.15, 0.2) is 66.2 Å². The number of aryl methyl sites for hydroxylation is 1. The van der Waals surface area contributed by atoms with E-state index in [2.05, 4.69) is 0 Å². The monoisotopic (exact) mass is 529 g/mol. The maximum atomic E-state index is 13.6. The third-order valence-corrected chi connectivity index (χ3v) is 6.82. The number of anilines is 1. The largest absolute Gasteiger partial charge is 0.507 e. The molecule has 1 heterocycles. The summed E-state index contributed by atoms with van der Waals surface area (Å²) in [5, 5.41) is 11.7. The van der Waals surface area contributed by atoms with Crippen LogP contribution in [0.2, 0.25) is 0 Å². The van der Waals surface area contributed by atoms with Gasteiger partial charge in [0.1, 0.15) is 23.0 Å². The molecule has 39 heavy (non-hydrogen) atoms. The van der Waals surface area contributed by atoms with E-state index in [1.165, 1.54) is 4.90 Å². The van der Waals surface area contributed by atoms with Crippen molar-refractivity contribution >= 4 is 23.1 Å². The zero-order valence-corrected chi connectivity index (χ0v) is 23.4. The minimum atomic E-state index is -0.851. The van der Waals surface area contributed by atoms with Gasteiger partial charge in [0, 0.05) is 11.3 Å². The molecular formula is C32H35NO6. The average molecular weight is 530 g/mol. The van der Waals surface area contributed by atoms with Crippen molar-refractivity contribution in [2.75, 3.05) is 19.1 Å². The topological polar surface area (TPSA) is 85.3 Å². The highest BCUT2D eigenvalue weighted by Crippen LogP contribution is 2.44. The number of hydrogen-bond acceptors (Lipinski definition) is 6. The van der Waals surface area contributed by atoms with Gasteiger partial charge < -0.3 is 19.3 Å². The summed E-state index contributed by atoms with van der Waals surface area (Å²) in [5.74, 6) is 0.411. The summed E-state index contributed by atoms with van der Waals surface area (Å²) in [6, 6.07) is 17.0. The lowest BCUT2D eigenvalue weighted by atomic mass is 9.91. The quantitative estimate of drug-likeness (QED) is 0.202. The van der Waals surface area contributed by atoms with E-state index in [1.54, 1.807) is 50.6 Å². The van der Waals surface area contributed by atoms with Gasteiger partial charge in [-0.25, -0.2) is 0 Å². The molecule has 0 aromatic heterocycles. The first kappa shape index (κ1) is 27.8. The zero-order valence-electron chi connectivity index (χ0n) is 23.4. The summed E-state index contributed by atoms with van der Waals surface area (Å²) in [6.07, 6.45) is -0.00557. The number of hydrogen-bond donors (Lipinski definition) is 1. The molecule has 204 valence electrons. The van der Waals surface area contributed by atoms with E-state index >= 15 is 0 Å². The third-order valence-electron chi connectivity index (χ3n) is 6.82. The van der Waals surface area contributed by atoms with Gasteiger partial charge in [0.25, 0.3) is 11.7 Å². The van der Waals surface area contributed by atoms with Crippen LogP contribution in [0.5, 0.6) is 17.2 Å². The molecular weight excluding hydrogens is 494 g/mol. The number of methoxy groups -OCH3 is 2. The number of aliphatic hydroxyl groups is 1. The van der Waals surface area contributed by atoms with Crippen molar-refractivity contribution in [3.8, 4) is 17.2 Å². The van der Waals surface area contributed by atoms with Crippen molar-refractivity contribution in [2.24, 2.45) is 0 Å². The van der Waals surface area contributed by atoms with Crippen molar-refractivity contribution in [3.63, 3.8) is 0 Å². The fourth-order valence-electron chi connectivity index (χ4n) is 4.88. The minimum Gasteiger partial charge on any atom is -0.507 e. The van der Waals surface area contributed by atoms with Crippen LogP contribution in [0.4, 0.5) is 5.69 Å². The van der Waals surface area contributed by atoms with Gasteiger partial charge in [-0.05, 0) is 91.9 Å². The average Bonchev–Trinajstić information content (AvgIpc) is 3.18. The Morgan fingerprint density at radius 1 is 0.872 bits per heavy atom. The van der Waals surface area contributed by atoms with Gasteiger partial charge >= 0.3 is 0 Å². The number of rotatable bonds is 8. The molecule has 0 bridgehead atoms. The van der Waals surface area contributed by atoms with Crippen LogP contribution >= 0.6 is 0 Å². The first-order valence-electron chi connectivity index (χ1n) is 13.0. The first-order valence-corrected chi connectivity index (χ1v) is 13.0. The highest BCUT2D eigenvalue weighted by Gasteiger charge is 2.47. The summed E-state index contributed by atoms with van der Waals surface area (Å²) < 4.78 is 16.6. The lowest BCUT2D eigenvalue weighted by Gasteiger charge is -2.26. The van der Waals surface area contributed by atoms with Gasteiger partial charge in [0.2, 0.25) is 0 Å². The second-order valence-corrected chi connectivity index (χ2v) is 10.2. The van der Waals surface area contributed by atoms with E-state index in [4.69, 9.17) is 14.2 Å². The van der Waals surface area contributed by atoms with E-state index in [0.29, 0.717) is 34.1 Å². The Balaban J connectivity index is 1.93. The Labute approximate surface area is 229 Å². The molecule has 1 fully saturated rings. The smallest absolute Gasteiger partial charge is 0.300 e. The first-order chi connectivity index (χ1) is 18.6. The van der Waals surface area contributed by atoms with Crippen LogP contribution < -0.4 is 19.1 Å². The maximum absolute atomic E-state index is 13.6. The molecule has 1 amide bonds. The molecule has 0 spiro atoms. The van der Waals surface area contributed by atoms with Gasteiger partial charge in [0.15, 0.2) is 0 Å². The molecule has 1 saturated heterocycles. The van der Waals surface area contributed by atoms with E-state index in [-0.39, 0.29) is 23.4 Å². The van der Waals surface area contributed by atoms with Crippen molar-refractivity contribution in [3.05, 3.63) is 88.5 Å². The van der Waals surface area contributed by atoms with Crippen molar-refractivity contribution in [1.82, 2.24) is 0 Å². The van der Waals surface area contributed by atoms with Crippen molar-refractivity contribution in [1.29, 1.82) is 0 Å². The van der Waals surface area contributed by atoms with Crippen LogP contribution in [0, 0.1) is 6.92 Å². The number of ketones is 1. The lowest BCUT2D eigenvalue weighted by Crippen LogP contribution is -2.29. The van der Waals surface area contributed by atoms with E-state index in [0.717, 1.165) is 11.1 Å². The summed E-state index contributed by atoms with van der Waals surface area (Å²) in [5.41, 5.74) is 3.30. The number of amides is 1. The molecule has 1 aliphatic rings. The number of nitrogens with zero attached hydrogens (tertiary/aromatic N) is 1. The van der Waals surface area contributed by atoms with E-state index in [1.807, 2.05) is 58.9 Å². The Bertz CT molecular complexity index is 1400. The zero-order chi connectivity index (χ0) is 28.4. The van der Waals surface area contributed by atoms with Crippen LogP contribution in [-0.2, 0) is 9.59 Å². The third kappa shape index (κ3) is 5.35. The van der Waals surface area contributed by atoms with E-state index < -0.39 is 17.7 Å². The number of carbonyl (C=O) groups is 2. The standard InChI is InChI=1S/C32H35NO6/c1-18(2)25-17-26(20(5)16-27(25)38-7)30(34)28-29(21-8-12-24(13-9-21)39-19(3)4)33(32(36)31(28)35)22-10-14-23(37-6)15-11-22/h8-19,29,34H,1-7H3/b30-28+. The highest BCUT2D eigenvalue weighted by molar-refractivity contribution is 6.51. The van der Waals surface area contributed by atoms with Crippen molar-refractivity contribution in [2.45, 2.75) is 52.7 Å². The molecule has 0 saturated carbocycles. The number of carbonyl (C=O) groups excluding carboxylic acids is 2. The van der Waals surface area contributed by atoms with E-state index in [9.17, 15) is 14.7 Å². The molecule has 3 aromatic rings. The summed E-state index contributed by atoms with van der Waals surface area (Å²) in [4.78, 5) is 28.5. The predicted molar refractivity (Wildman–Crippen MR) is 152 cm³/mol. The summed E-state index contributed by atoms with van der Waals surface area (Å²) in [7, 11) is 3.16. The summed E-state index contributed by atoms with van der Waals surface area (Å²) >= 11 is 0. The molecule has 0 aliphatic carbocycles. The van der Waals surface area contributed by atoms with Crippen LogP contribution in [-0.4, -0.2) is 37.1 Å². The fourth-order valence-corrected chi connectivity index (χ4v) is 4.88. The molecule has 4 rings (SSSR count). The number of ether oxygens (including phenoxy) is 3. The van der Waals surface area contributed by atoms with Gasteiger partial charge in [-0.3, -0.25) is 14.5 Å². The Morgan fingerprint density at radius 2 is 1.49 bits per heavy atom. The SMILES string of the molecule is COc1ccc(N2C(=O)C(=O)/C(=C(/O)c3cc(C(C)C)c(OC)cc3C)C2c2ccc(OC(C)C)cc2)cc1. The van der Waals surface area contributed by atoms with Crippen LogP contribution in [0.25, 0.3) is 5.76 Å². The lowest BCUT2D eigenvalue weighted by molar-refractivity contribution is -0.132. The fraction of sp³-hybridized carbons (Fsp3) is 0.312. The van der Waals surface area contributed by atoms with Crippen molar-refractivity contribution < 1.29 is 28.9 Å². The number of benzene rings is 3. The maximum Gasteiger partial charge on any atom is 0.300 e. The highest BCUT2D eigenvalue weighted by atomic mass is 16.5.